The Morgan fingerprint density at radius 1 is 1.15 bits per heavy atom. The van der Waals surface area contributed by atoms with E-state index in [-0.39, 0.29) is 5.91 Å². The van der Waals surface area contributed by atoms with Crippen molar-refractivity contribution in [2.75, 3.05) is 13.1 Å². The molecule has 0 atom stereocenters. The minimum absolute atomic E-state index is 0.153. The molecular weight excluding hydrogens is 252 g/mol. The first kappa shape index (κ1) is 14.9. The summed E-state index contributed by atoms with van der Waals surface area (Å²) in [5.41, 5.74) is 1.20. The second-order valence-corrected chi connectivity index (χ2v) is 5.44. The molecule has 20 heavy (non-hydrogen) atoms. The monoisotopic (exact) mass is 276 g/mol. The van der Waals surface area contributed by atoms with E-state index in [1.807, 2.05) is 6.92 Å². The van der Waals surface area contributed by atoms with Crippen molar-refractivity contribution < 1.29 is 4.79 Å². The van der Waals surface area contributed by atoms with Crippen LogP contribution < -0.4 is 10.6 Å². The van der Waals surface area contributed by atoms with Crippen LogP contribution in [0.25, 0.3) is 0 Å². The fourth-order valence-corrected chi connectivity index (χ4v) is 2.54. The Bertz CT molecular complexity index is 410. The van der Waals surface area contributed by atoms with Crippen molar-refractivity contribution in [1.82, 2.24) is 20.6 Å². The average molecular weight is 276 g/mol. The number of nitrogens with zero attached hydrogens (tertiary/aromatic N) is 2. The number of rotatable bonds is 5. The highest BCUT2D eigenvalue weighted by atomic mass is 16.1. The van der Waals surface area contributed by atoms with Gasteiger partial charge in [-0.1, -0.05) is 25.7 Å². The van der Waals surface area contributed by atoms with Gasteiger partial charge in [0.25, 0.3) is 5.91 Å². The second kappa shape index (κ2) is 7.94. The van der Waals surface area contributed by atoms with Gasteiger partial charge in [-0.15, -0.1) is 0 Å². The lowest BCUT2D eigenvalue weighted by molar-refractivity contribution is 0.0948. The minimum Gasteiger partial charge on any atom is -0.349 e. The summed E-state index contributed by atoms with van der Waals surface area (Å²) >= 11 is 0. The van der Waals surface area contributed by atoms with Crippen molar-refractivity contribution in [1.29, 1.82) is 0 Å². The number of carbonyl (C=O) groups excluding carboxylic acids is 1. The third-order valence-corrected chi connectivity index (χ3v) is 3.71. The summed E-state index contributed by atoms with van der Waals surface area (Å²) in [5.74, 6) is -0.153. The largest absolute Gasteiger partial charge is 0.349 e. The van der Waals surface area contributed by atoms with Crippen LogP contribution in [0.3, 0.4) is 0 Å². The molecule has 0 spiro atoms. The summed E-state index contributed by atoms with van der Waals surface area (Å²) in [6.07, 6.45) is 11.0. The molecule has 1 aliphatic carbocycles. The van der Waals surface area contributed by atoms with Gasteiger partial charge in [-0.2, -0.15) is 0 Å². The van der Waals surface area contributed by atoms with E-state index in [0.717, 1.165) is 12.2 Å². The molecule has 1 aliphatic rings. The Balaban J connectivity index is 1.65. The number of aryl methyl sites for hydroxylation is 1. The lowest BCUT2D eigenvalue weighted by atomic mass is 10.1. The fraction of sp³-hybridized carbons (Fsp3) is 0.667. The molecule has 5 nitrogen and oxygen atoms in total. The van der Waals surface area contributed by atoms with Crippen LogP contribution in [0.5, 0.6) is 0 Å². The summed E-state index contributed by atoms with van der Waals surface area (Å²) in [5, 5.41) is 6.40. The predicted octanol–water partition coefficient (Wildman–Crippen LogP) is 1.83. The van der Waals surface area contributed by atoms with Crippen molar-refractivity contribution in [3.63, 3.8) is 0 Å². The Labute approximate surface area is 120 Å². The van der Waals surface area contributed by atoms with E-state index in [1.54, 1.807) is 6.20 Å². The molecule has 110 valence electrons. The van der Waals surface area contributed by atoms with E-state index in [4.69, 9.17) is 0 Å². The molecule has 0 radical (unpaired) electrons. The molecule has 5 heteroatoms. The average Bonchev–Trinajstić information content (AvgIpc) is 2.73. The third kappa shape index (κ3) is 4.89. The Morgan fingerprint density at radius 3 is 2.55 bits per heavy atom. The van der Waals surface area contributed by atoms with Crippen molar-refractivity contribution >= 4 is 5.91 Å². The molecule has 2 N–H and O–H groups in total. The minimum atomic E-state index is -0.153. The fourth-order valence-electron chi connectivity index (χ4n) is 2.54. The highest BCUT2D eigenvalue weighted by Crippen LogP contribution is 2.16. The van der Waals surface area contributed by atoms with Gasteiger partial charge in [0.15, 0.2) is 0 Å². The molecule has 1 fully saturated rings. The number of amides is 1. The number of carbonyl (C=O) groups is 1. The maximum absolute atomic E-state index is 11.8. The smallest absolute Gasteiger partial charge is 0.271 e. The topological polar surface area (TPSA) is 66.9 Å². The van der Waals surface area contributed by atoms with E-state index in [0.29, 0.717) is 18.3 Å². The lowest BCUT2D eigenvalue weighted by Crippen LogP contribution is -2.37. The zero-order chi connectivity index (χ0) is 14.2. The molecule has 0 unspecified atom stereocenters. The molecular formula is C15H24N4O. The summed E-state index contributed by atoms with van der Waals surface area (Å²) in [7, 11) is 0. The molecule has 2 rings (SSSR count). The highest BCUT2D eigenvalue weighted by molar-refractivity contribution is 5.91. The van der Waals surface area contributed by atoms with Crippen LogP contribution in [0.4, 0.5) is 0 Å². The van der Waals surface area contributed by atoms with Crippen molar-refractivity contribution in [2.45, 2.75) is 51.5 Å². The quantitative estimate of drug-likeness (QED) is 0.636. The van der Waals surface area contributed by atoms with Crippen LogP contribution in [-0.2, 0) is 0 Å². The molecule has 0 aromatic carbocycles. The normalized spacial score (nSPS) is 16.6. The van der Waals surface area contributed by atoms with Gasteiger partial charge in [0.2, 0.25) is 0 Å². The number of nitrogens with one attached hydrogen (secondary N) is 2. The van der Waals surface area contributed by atoms with Crippen LogP contribution in [0.1, 0.15) is 54.7 Å². The van der Waals surface area contributed by atoms with Gasteiger partial charge in [0.05, 0.1) is 11.9 Å². The Morgan fingerprint density at radius 2 is 1.90 bits per heavy atom. The molecule has 1 aromatic heterocycles. The summed E-state index contributed by atoms with van der Waals surface area (Å²) in [6.45, 7) is 3.30. The number of hydrogen-bond acceptors (Lipinski definition) is 4. The van der Waals surface area contributed by atoms with Gasteiger partial charge < -0.3 is 10.6 Å². The van der Waals surface area contributed by atoms with Gasteiger partial charge in [-0.05, 0) is 19.8 Å². The second-order valence-electron chi connectivity index (χ2n) is 5.44. The molecule has 1 aromatic rings. The zero-order valence-electron chi connectivity index (χ0n) is 12.2. The van der Waals surface area contributed by atoms with Gasteiger partial charge >= 0.3 is 0 Å². The zero-order valence-corrected chi connectivity index (χ0v) is 12.2. The number of aromatic nitrogens is 2. The van der Waals surface area contributed by atoms with E-state index >= 15 is 0 Å². The molecule has 1 saturated carbocycles. The van der Waals surface area contributed by atoms with Gasteiger partial charge in [-0.3, -0.25) is 9.78 Å². The maximum atomic E-state index is 11.8. The maximum Gasteiger partial charge on any atom is 0.271 e. The molecule has 0 bridgehead atoms. The van der Waals surface area contributed by atoms with E-state index in [2.05, 4.69) is 20.6 Å². The first-order valence-corrected chi connectivity index (χ1v) is 7.56. The molecule has 0 saturated heterocycles. The Kier molecular flexibility index (Phi) is 5.92. The van der Waals surface area contributed by atoms with Crippen molar-refractivity contribution in [2.24, 2.45) is 0 Å². The van der Waals surface area contributed by atoms with E-state index in [9.17, 15) is 4.79 Å². The van der Waals surface area contributed by atoms with Crippen molar-refractivity contribution in [3.8, 4) is 0 Å². The highest BCUT2D eigenvalue weighted by Gasteiger charge is 2.11. The first-order valence-electron chi connectivity index (χ1n) is 7.56. The summed E-state index contributed by atoms with van der Waals surface area (Å²) in [4.78, 5) is 20.0. The Hall–Kier alpha value is -1.49. The SMILES string of the molecule is Cc1cnc(C(=O)NCCNC2CCCCCC2)cn1. The molecule has 1 amide bonds. The third-order valence-electron chi connectivity index (χ3n) is 3.71. The molecule has 0 aliphatic heterocycles. The van der Waals surface area contributed by atoms with Gasteiger partial charge in [-0.25, -0.2) is 4.98 Å². The van der Waals surface area contributed by atoms with Crippen LogP contribution in [-0.4, -0.2) is 35.0 Å². The number of hydrogen-bond donors (Lipinski definition) is 2. The lowest BCUT2D eigenvalue weighted by Gasteiger charge is -2.16. The van der Waals surface area contributed by atoms with Crippen LogP contribution >= 0.6 is 0 Å². The predicted molar refractivity (Wildman–Crippen MR) is 78.6 cm³/mol. The standard InChI is InChI=1S/C15H24N4O/c1-12-10-19-14(11-18-12)15(20)17-9-8-16-13-6-4-2-3-5-7-13/h10-11,13,16H,2-9H2,1H3,(H,17,20). The van der Waals surface area contributed by atoms with Crippen LogP contribution in [0.2, 0.25) is 0 Å². The van der Waals surface area contributed by atoms with Gasteiger partial charge in [0, 0.05) is 25.3 Å². The van der Waals surface area contributed by atoms with Crippen LogP contribution in [0.15, 0.2) is 12.4 Å². The summed E-state index contributed by atoms with van der Waals surface area (Å²) in [6, 6.07) is 0.619. The summed E-state index contributed by atoms with van der Waals surface area (Å²) < 4.78 is 0. The van der Waals surface area contributed by atoms with E-state index < -0.39 is 0 Å². The first-order chi connectivity index (χ1) is 9.75. The van der Waals surface area contributed by atoms with E-state index in [1.165, 1.54) is 44.7 Å². The molecule has 1 heterocycles. The van der Waals surface area contributed by atoms with Gasteiger partial charge in [0.1, 0.15) is 5.69 Å². The van der Waals surface area contributed by atoms with Crippen molar-refractivity contribution in [3.05, 3.63) is 23.8 Å². The van der Waals surface area contributed by atoms with Crippen LogP contribution in [0, 0.1) is 6.92 Å².